The Morgan fingerprint density at radius 2 is 1.64 bits per heavy atom. The van der Waals surface area contributed by atoms with E-state index < -0.39 is 12.4 Å². The molecule has 252 valence electrons. The number of aliphatic hydroxyl groups excluding tert-OH is 1. The number of rotatable bonds is 9. The third kappa shape index (κ3) is 14.9. The Labute approximate surface area is 277 Å². The Bertz CT molecular complexity index is 1180. The number of anilines is 1. The van der Waals surface area contributed by atoms with Gasteiger partial charge in [-0.1, -0.05) is 76.9 Å². The molecule has 0 radical (unpaired) electrons. The Balaban J connectivity index is 0.000000396. The molecule has 0 spiro atoms. The van der Waals surface area contributed by atoms with Crippen LogP contribution in [0.4, 0.5) is 10.1 Å². The third-order valence-electron chi connectivity index (χ3n) is 6.71. The molecule has 2 aliphatic rings. The molecule has 0 saturated carbocycles. The number of amides is 3. The van der Waals surface area contributed by atoms with Crippen molar-refractivity contribution in [1.82, 2.24) is 20.4 Å². The Morgan fingerprint density at radius 1 is 1.02 bits per heavy atom. The molecule has 3 amide bonds. The van der Waals surface area contributed by atoms with Crippen molar-refractivity contribution in [3.8, 4) is 0 Å². The summed E-state index contributed by atoms with van der Waals surface area (Å²) in [6.07, 6.45) is 1.26. The maximum absolute atomic E-state index is 14.0. The smallest absolute Gasteiger partial charge is 0.248 e. The first-order valence-corrected chi connectivity index (χ1v) is 16.1. The number of piperazine rings is 1. The van der Waals surface area contributed by atoms with E-state index in [0.29, 0.717) is 55.1 Å². The van der Waals surface area contributed by atoms with Gasteiger partial charge in [0, 0.05) is 74.9 Å². The first kappa shape index (κ1) is 40.3. The van der Waals surface area contributed by atoms with E-state index in [1.54, 1.807) is 4.90 Å². The summed E-state index contributed by atoms with van der Waals surface area (Å²) >= 11 is 11.9. The highest BCUT2D eigenvalue weighted by Gasteiger charge is 2.32. The number of nitrogens with one attached hydrogen (secondary N) is 3. The van der Waals surface area contributed by atoms with Crippen molar-refractivity contribution in [3.05, 3.63) is 63.4 Å². The highest BCUT2D eigenvalue weighted by atomic mass is 35.5. The number of nitrogens with zero attached hydrogens (tertiary/aromatic N) is 2. The van der Waals surface area contributed by atoms with Gasteiger partial charge in [0.2, 0.25) is 18.7 Å². The van der Waals surface area contributed by atoms with Gasteiger partial charge in [0.05, 0.1) is 5.02 Å². The molecule has 45 heavy (non-hydrogen) atoms. The summed E-state index contributed by atoms with van der Waals surface area (Å²) < 4.78 is 14.0. The molecular weight excluding hydrogens is 620 g/mol. The summed E-state index contributed by atoms with van der Waals surface area (Å²) in [5, 5.41) is 17.9. The van der Waals surface area contributed by atoms with Crippen LogP contribution in [0, 0.1) is 11.2 Å². The van der Waals surface area contributed by atoms with Crippen molar-refractivity contribution in [2.75, 3.05) is 64.3 Å². The zero-order valence-corrected chi connectivity index (χ0v) is 28.8. The van der Waals surface area contributed by atoms with Crippen LogP contribution in [0.5, 0.6) is 0 Å². The second kappa shape index (κ2) is 21.1. The first-order valence-electron chi connectivity index (χ1n) is 15.3. The number of aliphatic hydroxyl groups is 1. The van der Waals surface area contributed by atoms with Crippen molar-refractivity contribution in [1.29, 1.82) is 0 Å². The Hall–Kier alpha value is -2.76. The second-order valence-corrected chi connectivity index (χ2v) is 12.8. The lowest BCUT2D eigenvalue weighted by Gasteiger charge is -2.34. The van der Waals surface area contributed by atoms with Crippen LogP contribution in [0.25, 0.3) is 0 Å². The zero-order chi connectivity index (χ0) is 34.0. The molecule has 0 aromatic heterocycles. The summed E-state index contributed by atoms with van der Waals surface area (Å²) in [6.45, 7) is 18.1. The van der Waals surface area contributed by atoms with Crippen LogP contribution in [0.2, 0.25) is 10.0 Å². The average molecular weight is 671 g/mol. The van der Waals surface area contributed by atoms with Crippen molar-refractivity contribution in [2.24, 2.45) is 5.41 Å². The average Bonchev–Trinajstić information content (AvgIpc) is 3.50. The minimum absolute atomic E-state index is 0.0108. The van der Waals surface area contributed by atoms with Gasteiger partial charge < -0.3 is 26.0 Å². The van der Waals surface area contributed by atoms with E-state index in [1.807, 2.05) is 38.1 Å². The van der Waals surface area contributed by atoms with E-state index in [0.717, 1.165) is 37.3 Å². The van der Waals surface area contributed by atoms with Gasteiger partial charge >= 0.3 is 0 Å². The van der Waals surface area contributed by atoms with Crippen LogP contribution in [0.3, 0.4) is 0 Å². The quantitative estimate of drug-likeness (QED) is 0.218. The summed E-state index contributed by atoms with van der Waals surface area (Å²) in [7, 11) is 0. The van der Waals surface area contributed by atoms with Crippen LogP contribution in [0.1, 0.15) is 64.5 Å². The summed E-state index contributed by atoms with van der Waals surface area (Å²) in [6, 6.07) is 10.5. The predicted octanol–water partition coefficient (Wildman–Crippen LogP) is 5.12. The highest BCUT2D eigenvalue weighted by molar-refractivity contribution is 6.31. The van der Waals surface area contributed by atoms with Gasteiger partial charge in [-0.15, -0.1) is 0 Å². The lowest BCUT2D eigenvalue weighted by Crippen LogP contribution is -2.50. The summed E-state index contributed by atoms with van der Waals surface area (Å²) in [5.41, 5.74) is 2.85. The van der Waals surface area contributed by atoms with Gasteiger partial charge in [-0.05, 0) is 40.8 Å². The molecule has 4 N–H and O–H groups in total. The maximum atomic E-state index is 14.0. The number of halogens is 3. The molecule has 0 aliphatic carbocycles. The zero-order valence-electron chi connectivity index (χ0n) is 27.3. The lowest BCUT2D eigenvalue weighted by molar-refractivity contribution is -0.135. The minimum atomic E-state index is -0.491. The fourth-order valence-electron chi connectivity index (χ4n) is 4.75. The topological polar surface area (TPSA) is 114 Å². The molecule has 2 saturated heterocycles. The highest BCUT2D eigenvalue weighted by Crippen LogP contribution is 2.41. The predicted molar refractivity (Wildman–Crippen MR) is 182 cm³/mol. The fourth-order valence-corrected chi connectivity index (χ4v) is 5.12. The monoisotopic (exact) mass is 669 g/mol. The van der Waals surface area contributed by atoms with Gasteiger partial charge in [0.25, 0.3) is 0 Å². The van der Waals surface area contributed by atoms with E-state index in [1.165, 1.54) is 12.1 Å². The van der Waals surface area contributed by atoms with Crippen molar-refractivity contribution in [2.45, 2.75) is 53.4 Å². The first-order chi connectivity index (χ1) is 21.4. The Kier molecular flexibility index (Phi) is 18.9. The van der Waals surface area contributed by atoms with E-state index in [2.05, 4.69) is 48.5 Å². The molecule has 2 fully saturated rings. The van der Waals surface area contributed by atoms with Gasteiger partial charge in [-0.2, -0.15) is 0 Å². The van der Waals surface area contributed by atoms with Crippen molar-refractivity contribution in [3.63, 3.8) is 0 Å². The number of carbonyl (C=O) groups is 3. The van der Waals surface area contributed by atoms with Gasteiger partial charge in [-0.25, -0.2) is 4.39 Å². The molecule has 2 unspecified atom stereocenters. The standard InChI is InChI=1S/C17H15Cl2FN2O.C9H17N3O3.C5H12.C2H6/c18-11-3-1-2-10(4-11)13-7-21-8-14(13)12-5-16(20)15(19)6-17(12)22-9-23;13-7-9(15)12-5-3-11(4-6-12)2-1-10-8-14;1-5(2,3)4;1-2/h1-6,9,13-14,21H,7-8H2,(H,22,23);8,13H,1-7H2,(H,10,14);1-4H3;1-2H3. The van der Waals surface area contributed by atoms with Crippen molar-refractivity contribution < 1.29 is 23.9 Å². The summed E-state index contributed by atoms with van der Waals surface area (Å²) in [5.74, 6) is -0.542. The van der Waals surface area contributed by atoms with Crippen LogP contribution in [0.15, 0.2) is 36.4 Å². The van der Waals surface area contributed by atoms with Gasteiger partial charge in [-0.3, -0.25) is 19.3 Å². The molecule has 2 heterocycles. The number of hydrogen-bond acceptors (Lipinski definition) is 6. The van der Waals surface area contributed by atoms with E-state index >= 15 is 0 Å². The number of benzene rings is 2. The van der Waals surface area contributed by atoms with E-state index in [4.69, 9.17) is 28.3 Å². The normalized spacial score (nSPS) is 17.8. The molecule has 2 aliphatic heterocycles. The number of carbonyl (C=O) groups excluding carboxylic acids is 3. The molecule has 9 nitrogen and oxygen atoms in total. The maximum Gasteiger partial charge on any atom is 0.248 e. The van der Waals surface area contributed by atoms with Crippen LogP contribution in [-0.4, -0.2) is 92.6 Å². The van der Waals surface area contributed by atoms with Crippen LogP contribution >= 0.6 is 23.2 Å². The summed E-state index contributed by atoms with van der Waals surface area (Å²) in [4.78, 5) is 35.8. The molecular formula is C33H50Cl2FN5O4. The van der Waals surface area contributed by atoms with Gasteiger partial charge in [0.1, 0.15) is 12.4 Å². The van der Waals surface area contributed by atoms with E-state index in [9.17, 15) is 18.8 Å². The minimum Gasteiger partial charge on any atom is -0.387 e. The Morgan fingerprint density at radius 3 is 2.20 bits per heavy atom. The largest absolute Gasteiger partial charge is 0.387 e. The van der Waals surface area contributed by atoms with Crippen LogP contribution < -0.4 is 16.0 Å². The molecule has 0 bridgehead atoms. The molecule has 2 atom stereocenters. The molecule has 2 aromatic carbocycles. The lowest BCUT2D eigenvalue weighted by atomic mass is 9.83. The SMILES string of the molecule is CC.CC(C)(C)C.O=CNCCN1CCN(C(=O)CO)CC1.O=CNc1cc(Cl)c(F)cc1C1CNCC1c1cccc(Cl)c1. The van der Waals surface area contributed by atoms with Crippen molar-refractivity contribution >= 4 is 47.6 Å². The van der Waals surface area contributed by atoms with E-state index in [-0.39, 0.29) is 22.8 Å². The number of hydrogen-bond donors (Lipinski definition) is 4. The molecule has 12 heteroatoms. The van der Waals surface area contributed by atoms with Crippen LogP contribution in [-0.2, 0) is 14.4 Å². The van der Waals surface area contributed by atoms with Gasteiger partial charge in [0.15, 0.2) is 0 Å². The second-order valence-electron chi connectivity index (χ2n) is 12.0. The fraction of sp³-hybridized carbons (Fsp3) is 0.545. The molecule has 2 aromatic rings. The molecule has 4 rings (SSSR count). The third-order valence-corrected chi connectivity index (χ3v) is 7.24.